The Balaban J connectivity index is 2.00. The molecule has 0 amide bonds. The van der Waals surface area contributed by atoms with Crippen molar-refractivity contribution in [2.24, 2.45) is 0 Å². The molecular weight excluding hydrogens is 494 g/mol. The normalized spacial score (nSPS) is 12.0. The fourth-order valence-electron chi connectivity index (χ4n) is 2.96. The fraction of sp³-hybridized carbons (Fsp3) is 0. The molecule has 0 spiro atoms. The molecule has 3 aromatic rings. The zero-order chi connectivity index (χ0) is 15.1. The molecule has 1 aliphatic carbocycles. The van der Waals surface area contributed by atoms with Gasteiger partial charge < -0.3 is 0 Å². The zero-order valence-electron chi connectivity index (χ0n) is 11.7. The topological polar surface area (TPSA) is 0 Å². The lowest BCUT2D eigenvalue weighted by atomic mass is 10.0. The van der Waals surface area contributed by atoms with Gasteiger partial charge >= 0.3 is 0 Å². The van der Waals surface area contributed by atoms with Gasteiger partial charge in [-0.2, -0.15) is 0 Å². The maximum atomic E-state index is 2.39. The summed E-state index contributed by atoms with van der Waals surface area (Å²) in [5, 5.41) is 0. The van der Waals surface area contributed by atoms with Gasteiger partial charge in [-0.3, -0.25) is 0 Å². The lowest BCUT2D eigenvalue weighted by Crippen LogP contribution is -1.84. The van der Waals surface area contributed by atoms with E-state index < -0.39 is 0 Å². The minimum atomic E-state index is 1.24. The second-order valence-corrected chi connectivity index (χ2v) is 7.84. The van der Waals surface area contributed by atoms with E-state index in [1.165, 1.54) is 40.5 Å². The molecule has 0 heterocycles. The highest BCUT2D eigenvalue weighted by Gasteiger charge is 2.23. The Hall–Kier alpha value is -1.14. The van der Waals surface area contributed by atoms with Crippen LogP contribution in [0.3, 0.4) is 0 Å². The van der Waals surface area contributed by atoms with Crippen molar-refractivity contribution in [1.82, 2.24) is 0 Å². The summed E-state index contributed by atoms with van der Waals surface area (Å²) in [4.78, 5) is 0. The highest BCUT2D eigenvalue weighted by Crippen LogP contribution is 2.45. The molecule has 0 saturated heterocycles. The van der Waals surface area contributed by atoms with E-state index in [1.807, 2.05) is 0 Å². The summed E-state index contributed by atoms with van der Waals surface area (Å²) in [6, 6.07) is 24.0. The second-order valence-electron chi connectivity index (χ2n) is 5.35. The molecule has 0 bridgehead atoms. The standard InChI is InChI=1S/C20H12I2/c21-14-6-8-16-17-9-7-15(22)12-20(17)18(19(16)11-14)10-13-4-2-1-3-5-13/h1-12H. The van der Waals surface area contributed by atoms with Gasteiger partial charge in [0.2, 0.25) is 0 Å². The molecule has 0 saturated carbocycles. The van der Waals surface area contributed by atoms with Crippen LogP contribution in [0.25, 0.3) is 22.8 Å². The first-order chi connectivity index (χ1) is 10.7. The monoisotopic (exact) mass is 506 g/mol. The van der Waals surface area contributed by atoms with Crippen molar-refractivity contribution in [2.75, 3.05) is 0 Å². The van der Waals surface area contributed by atoms with Gasteiger partial charge in [0.1, 0.15) is 0 Å². The first-order valence-corrected chi connectivity index (χ1v) is 9.25. The van der Waals surface area contributed by atoms with Gasteiger partial charge in [0.05, 0.1) is 0 Å². The van der Waals surface area contributed by atoms with Crippen LogP contribution in [0.15, 0.2) is 66.7 Å². The van der Waals surface area contributed by atoms with E-state index in [0.29, 0.717) is 0 Å². The average Bonchev–Trinajstić information content (AvgIpc) is 2.81. The molecule has 106 valence electrons. The van der Waals surface area contributed by atoms with Crippen LogP contribution in [0.4, 0.5) is 0 Å². The number of hydrogen-bond donors (Lipinski definition) is 0. The van der Waals surface area contributed by atoms with Gasteiger partial charge in [-0.25, -0.2) is 0 Å². The van der Waals surface area contributed by atoms with E-state index >= 15 is 0 Å². The predicted molar refractivity (Wildman–Crippen MR) is 111 cm³/mol. The molecule has 0 aromatic heterocycles. The van der Waals surface area contributed by atoms with Crippen LogP contribution in [-0.4, -0.2) is 0 Å². The molecule has 1 aliphatic rings. The average molecular weight is 506 g/mol. The Morgan fingerprint density at radius 1 is 0.591 bits per heavy atom. The highest BCUT2D eigenvalue weighted by atomic mass is 127. The summed E-state index contributed by atoms with van der Waals surface area (Å²) < 4.78 is 2.55. The Morgan fingerprint density at radius 2 is 1.14 bits per heavy atom. The molecule has 0 radical (unpaired) electrons. The van der Waals surface area contributed by atoms with Crippen molar-refractivity contribution >= 4 is 56.8 Å². The molecule has 0 nitrogen and oxygen atoms in total. The van der Waals surface area contributed by atoms with E-state index in [-0.39, 0.29) is 0 Å². The third-order valence-corrected chi connectivity index (χ3v) is 5.29. The van der Waals surface area contributed by atoms with Crippen molar-refractivity contribution in [3.8, 4) is 11.1 Å². The second kappa shape index (κ2) is 5.81. The predicted octanol–water partition coefficient (Wildman–Crippen LogP) is 6.47. The lowest BCUT2D eigenvalue weighted by Gasteiger charge is -2.04. The van der Waals surface area contributed by atoms with Crippen LogP contribution in [0, 0.1) is 7.14 Å². The van der Waals surface area contributed by atoms with Crippen LogP contribution < -0.4 is 0 Å². The third-order valence-electron chi connectivity index (χ3n) is 3.94. The smallest absolute Gasteiger partial charge is 0.0136 e. The molecule has 3 aromatic carbocycles. The Bertz CT molecular complexity index is 839. The van der Waals surface area contributed by atoms with Gasteiger partial charge in [-0.05, 0) is 109 Å². The quantitative estimate of drug-likeness (QED) is 0.260. The summed E-state index contributed by atoms with van der Waals surface area (Å²) in [7, 11) is 0. The summed E-state index contributed by atoms with van der Waals surface area (Å²) in [6.45, 7) is 0. The van der Waals surface area contributed by atoms with Gasteiger partial charge in [-0.15, -0.1) is 0 Å². The summed E-state index contributed by atoms with van der Waals surface area (Å²) in [5.41, 5.74) is 7.94. The van der Waals surface area contributed by atoms with Crippen LogP contribution in [0.1, 0.15) is 16.7 Å². The summed E-state index contributed by atoms with van der Waals surface area (Å²) >= 11 is 4.78. The number of hydrogen-bond acceptors (Lipinski definition) is 0. The Labute approximate surface area is 157 Å². The maximum Gasteiger partial charge on any atom is 0.0136 e. The fourth-order valence-corrected chi connectivity index (χ4v) is 3.95. The highest BCUT2D eigenvalue weighted by molar-refractivity contribution is 14.1. The molecule has 0 unspecified atom stereocenters. The molecule has 2 heteroatoms. The minimum Gasteiger partial charge on any atom is -0.0622 e. The van der Waals surface area contributed by atoms with E-state index in [1.54, 1.807) is 0 Å². The van der Waals surface area contributed by atoms with Crippen LogP contribution in [0.5, 0.6) is 0 Å². The Morgan fingerprint density at radius 3 is 1.68 bits per heavy atom. The third kappa shape index (κ3) is 2.52. The molecule has 22 heavy (non-hydrogen) atoms. The molecule has 0 atom stereocenters. The Kier molecular flexibility index (Phi) is 3.82. The summed E-state index contributed by atoms with van der Waals surface area (Å²) in [5.74, 6) is 0. The van der Waals surface area contributed by atoms with Crippen molar-refractivity contribution in [1.29, 1.82) is 0 Å². The van der Waals surface area contributed by atoms with E-state index in [2.05, 4.69) is 118 Å². The van der Waals surface area contributed by atoms with Crippen LogP contribution in [-0.2, 0) is 0 Å². The summed E-state index contributed by atoms with van der Waals surface area (Å²) in [6.07, 6.45) is 2.30. The van der Waals surface area contributed by atoms with E-state index in [9.17, 15) is 0 Å². The van der Waals surface area contributed by atoms with Crippen molar-refractivity contribution in [3.63, 3.8) is 0 Å². The van der Waals surface area contributed by atoms with Gasteiger partial charge in [0, 0.05) is 7.14 Å². The van der Waals surface area contributed by atoms with Gasteiger partial charge in [-0.1, -0.05) is 42.5 Å². The largest absolute Gasteiger partial charge is 0.0622 e. The SMILES string of the molecule is Ic1ccc2c(c1)C(=Cc1ccccc1)c1cc(I)ccc1-2. The van der Waals surface area contributed by atoms with Crippen molar-refractivity contribution in [3.05, 3.63) is 90.6 Å². The first-order valence-electron chi connectivity index (χ1n) is 7.09. The molecule has 4 rings (SSSR count). The minimum absolute atomic E-state index is 1.24. The van der Waals surface area contributed by atoms with Crippen molar-refractivity contribution in [2.45, 2.75) is 0 Å². The van der Waals surface area contributed by atoms with Gasteiger partial charge in [0.25, 0.3) is 0 Å². The van der Waals surface area contributed by atoms with E-state index in [0.717, 1.165) is 0 Å². The molecule has 0 fully saturated rings. The van der Waals surface area contributed by atoms with E-state index in [4.69, 9.17) is 0 Å². The first kappa shape index (κ1) is 14.5. The molecule has 0 N–H and O–H groups in total. The van der Waals surface area contributed by atoms with Crippen molar-refractivity contribution < 1.29 is 0 Å². The molecule has 0 aliphatic heterocycles. The molecular formula is C20H12I2. The zero-order valence-corrected chi connectivity index (χ0v) is 16.0. The number of benzene rings is 3. The van der Waals surface area contributed by atoms with Gasteiger partial charge in [0.15, 0.2) is 0 Å². The number of rotatable bonds is 1. The lowest BCUT2D eigenvalue weighted by molar-refractivity contribution is 1.60. The number of halogens is 2. The van der Waals surface area contributed by atoms with Crippen LogP contribution in [0.2, 0.25) is 0 Å². The van der Waals surface area contributed by atoms with Crippen LogP contribution >= 0.6 is 45.2 Å². The number of fused-ring (bicyclic) bond motifs is 3. The maximum absolute atomic E-state index is 2.39.